The van der Waals surface area contributed by atoms with Gasteiger partial charge in [-0.3, -0.25) is 9.78 Å². The summed E-state index contributed by atoms with van der Waals surface area (Å²) in [5.74, 6) is -2.77. The lowest BCUT2D eigenvalue weighted by molar-refractivity contribution is 0.101. The quantitative estimate of drug-likeness (QED) is 0.534. The fourth-order valence-corrected chi connectivity index (χ4v) is 3.29. The summed E-state index contributed by atoms with van der Waals surface area (Å²) in [4.78, 5) is 19.8. The van der Waals surface area contributed by atoms with Crippen molar-refractivity contribution in [3.05, 3.63) is 78.0 Å². The van der Waals surface area contributed by atoms with Gasteiger partial charge < -0.3 is 9.88 Å². The summed E-state index contributed by atoms with van der Waals surface area (Å²) in [7, 11) is 0. The molecule has 0 spiro atoms. The van der Waals surface area contributed by atoms with Crippen molar-refractivity contribution in [1.82, 2.24) is 14.5 Å². The maximum absolute atomic E-state index is 13.7. The Balaban J connectivity index is 1.60. The van der Waals surface area contributed by atoms with Crippen LogP contribution in [0.2, 0.25) is 0 Å². The number of amides is 1. The molecule has 0 aliphatic heterocycles. The number of pyridine rings is 2. The van der Waals surface area contributed by atoms with Gasteiger partial charge in [-0.25, -0.2) is 13.8 Å². The molecule has 0 bridgehead atoms. The van der Waals surface area contributed by atoms with Crippen molar-refractivity contribution in [2.45, 2.75) is 20.4 Å². The molecule has 5 nitrogen and oxygen atoms in total. The van der Waals surface area contributed by atoms with Crippen LogP contribution in [0.25, 0.3) is 21.9 Å². The number of anilines is 1. The lowest BCUT2D eigenvalue weighted by Gasteiger charge is -2.09. The van der Waals surface area contributed by atoms with Gasteiger partial charge in [0.2, 0.25) is 0 Å². The Morgan fingerprint density at radius 1 is 1.07 bits per heavy atom. The lowest BCUT2D eigenvalue weighted by atomic mass is 9.99. The highest BCUT2D eigenvalue weighted by molar-refractivity contribution is 6.04. The van der Waals surface area contributed by atoms with E-state index in [1.807, 2.05) is 13.0 Å². The summed E-state index contributed by atoms with van der Waals surface area (Å²) < 4.78 is 29.5. The summed E-state index contributed by atoms with van der Waals surface area (Å²) in [6.45, 7) is 5.02. The van der Waals surface area contributed by atoms with E-state index in [2.05, 4.69) is 51.3 Å². The predicted molar refractivity (Wildman–Crippen MR) is 108 cm³/mol. The third-order valence-corrected chi connectivity index (χ3v) is 4.80. The monoisotopic (exact) mass is 392 g/mol. The zero-order valence-electron chi connectivity index (χ0n) is 15.9. The van der Waals surface area contributed by atoms with Crippen LogP contribution in [0, 0.1) is 18.6 Å². The molecule has 1 N–H and O–H groups in total. The molecule has 0 aliphatic carbocycles. The molecule has 0 fully saturated rings. The summed E-state index contributed by atoms with van der Waals surface area (Å²) in [6, 6.07) is 7.65. The predicted octanol–water partition coefficient (Wildman–Crippen LogP) is 4.96. The van der Waals surface area contributed by atoms with Crippen LogP contribution in [-0.4, -0.2) is 20.4 Å². The molecule has 7 heteroatoms. The van der Waals surface area contributed by atoms with Crippen LogP contribution in [0.1, 0.15) is 22.8 Å². The molecule has 0 aliphatic rings. The lowest BCUT2D eigenvalue weighted by Crippen LogP contribution is -2.16. The molecule has 3 heterocycles. The van der Waals surface area contributed by atoms with E-state index in [0.717, 1.165) is 41.0 Å². The molecule has 1 amide bonds. The Morgan fingerprint density at radius 3 is 2.38 bits per heavy atom. The van der Waals surface area contributed by atoms with Gasteiger partial charge in [0.05, 0.1) is 12.4 Å². The second kappa shape index (κ2) is 7.43. The van der Waals surface area contributed by atoms with Crippen molar-refractivity contribution in [2.24, 2.45) is 0 Å². The fourth-order valence-electron chi connectivity index (χ4n) is 3.29. The zero-order chi connectivity index (χ0) is 20.5. The van der Waals surface area contributed by atoms with E-state index in [-0.39, 0.29) is 5.82 Å². The van der Waals surface area contributed by atoms with Crippen molar-refractivity contribution in [3.8, 4) is 11.1 Å². The number of nitrogens with one attached hydrogen (secondary N) is 1. The maximum atomic E-state index is 13.7. The molecule has 29 heavy (non-hydrogen) atoms. The molecule has 0 radical (unpaired) electrons. The largest absolute Gasteiger partial charge is 0.353 e. The summed E-state index contributed by atoms with van der Waals surface area (Å²) in [6.07, 6.45) is 7.41. The first-order valence-corrected chi connectivity index (χ1v) is 9.13. The molecular weight excluding hydrogens is 374 g/mol. The zero-order valence-corrected chi connectivity index (χ0v) is 15.9. The minimum atomic E-state index is -1.03. The van der Waals surface area contributed by atoms with E-state index in [1.54, 1.807) is 12.3 Å². The van der Waals surface area contributed by atoms with Crippen LogP contribution in [0.5, 0.6) is 0 Å². The van der Waals surface area contributed by atoms with E-state index in [0.29, 0.717) is 0 Å². The molecule has 4 aromatic rings. The number of halogens is 2. The molecule has 0 atom stereocenters. The van der Waals surface area contributed by atoms with Crippen LogP contribution < -0.4 is 5.32 Å². The number of fused-ring (bicyclic) bond motifs is 1. The summed E-state index contributed by atoms with van der Waals surface area (Å²) >= 11 is 0. The first-order valence-electron chi connectivity index (χ1n) is 9.13. The van der Waals surface area contributed by atoms with Crippen molar-refractivity contribution in [3.63, 3.8) is 0 Å². The Labute approximate surface area is 166 Å². The summed E-state index contributed by atoms with van der Waals surface area (Å²) in [5, 5.41) is 4.72. The van der Waals surface area contributed by atoms with Crippen molar-refractivity contribution >= 4 is 22.5 Å². The second-order valence-corrected chi connectivity index (χ2v) is 6.75. The molecule has 1 aromatic carbocycles. The minimum Gasteiger partial charge on any atom is -0.353 e. The van der Waals surface area contributed by atoms with Crippen molar-refractivity contribution in [1.29, 1.82) is 0 Å². The Morgan fingerprint density at radius 2 is 1.76 bits per heavy atom. The van der Waals surface area contributed by atoms with Crippen LogP contribution in [-0.2, 0) is 6.54 Å². The van der Waals surface area contributed by atoms with Gasteiger partial charge in [-0.05, 0) is 60.0 Å². The standard InChI is InChI=1S/C22H18F2N4O/c1-3-28-11-15-6-13(2)17(7-16(15)12-28)14-4-5-20(26-8-14)27-22(29)21-18(23)9-25-10-19(21)24/h4-12H,3H2,1-2H3,(H,26,27,29). The number of aromatic nitrogens is 3. The van der Waals surface area contributed by atoms with Crippen molar-refractivity contribution in [2.75, 3.05) is 5.32 Å². The number of rotatable bonds is 4. The average molecular weight is 392 g/mol. The van der Waals surface area contributed by atoms with Gasteiger partial charge in [-0.1, -0.05) is 0 Å². The highest BCUT2D eigenvalue weighted by Crippen LogP contribution is 2.29. The number of carbonyl (C=O) groups excluding carboxylic acids is 1. The van der Waals surface area contributed by atoms with E-state index in [4.69, 9.17) is 0 Å². The number of aryl methyl sites for hydroxylation is 2. The highest BCUT2D eigenvalue weighted by atomic mass is 19.1. The third kappa shape index (κ3) is 3.59. The first-order chi connectivity index (χ1) is 14.0. The van der Waals surface area contributed by atoms with E-state index in [1.165, 1.54) is 5.39 Å². The van der Waals surface area contributed by atoms with Crippen LogP contribution in [0.4, 0.5) is 14.6 Å². The van der Waals surface area contributed by atoms with E-state index < -0.39 is 23.1 Å². The van der Waals surface area contributed by atoms with Gasteiger partial charge in [0.15, 0.2) is 11.6 Å². The number of carbonyl (C=O) groups is 1. The number of benzene rings is 1. The minimum absolute atomic E-state index is 0.199. The van der Waals surface area contributed by atoms with Crippen LogP contribution in [0.15, 0.2) is 55.2 Å². The smallest absolute Gasteiger partial charge is 0.262 e. The SMILES string of the molecule is CCn1cc2cc(C)c(-c3ccc(NC(=O)c4c(F)cncc4F)nc3)cc2c1. The highest BCUT2D eigenvalue weighted by Gasteiger charge is 2.18. The maximum Gasteiger partial charge on any atom is 0.262 e. The molecule has 4 rings (SSSR count). The van der Waals surface area contributed by atoms with Gasteiger partial charge >= 0.3 is 0 Å². The van der Waals surface area contributed by atoms with Crippen LogP contribution >= 0.6 is 0 Å². The third-order valence-electron chi connectivity index (χ3n) is 4.80. The molecule has 0 saturated heterocycles. The van der Waals surface area contributed by atoms with Gasteiger partial charge in [-0.15, -0.1) is 0 Å². The van der Waals surface area contributed by atoms with Gasteiger partial charge in [-0.2, -0.15) is 0 Å². The Hall–Kier alpha value is -3.61. The molecule has 3 aromatic heterocycles. The fraction of sp³-hybridized carbons (Fsp3) is 0.136. The number of hydrogen-bond acceptors (Lipinski definition) is 3. The Bertz CT molecular complexity index is 1200. The second-order valence-electron chi connectivity index (χ2n) is 6.75. The van der Waals surface area contributed by atoms with E-state index in [9.17, 15) is 13.6 Å². The molecule has 146 valence electrons. The molecular formula is C22H18F2N4O. The van der Waals surface area contributed by atoms with Gasteiger partial charge in [0.25, 0.3) is 5.91 Å². The number of nitrogens with zero attached hydrogens (tertiary/aromatic N) is 3. The van der Waals surface area contributed by atoms with Crippen LogP contribution in [0.3, 0.4) is 0 Å². The molecule has 0 saturated carbocycles. The summed E-state index contributed by atoms with van der Waals surface area (Å²) in [5.41, 5.74) is 2.33. The molecule has 0 unspecified atom stereocenters. The average Bonchev–Trinajstić information content (AvgIpc) is 3.10. The topological polar surface area (TPSA) is 59.8 Å². The number of hydrogen-bond donors (Lipinski definition) is 1. The first kappa shape index (κ1) is 18.7. The Kier molecular flexibility index (Phi) is 4.80. The van der Waals surface area contributed by atoms with E-state index >= 15 is 0 Å². The normalized spacial score (nSPS) is 11.0. The van der Waals surface area contributed by atoms with Gasteiger partial charge in [0.1, 0.15) is 11.4 Å². The van der Waals surface area contributed by atoms with Gasteiger partial charge in [0, 0.05) is 30.7 Å². The van der Waals surface area contributed by atoms with Crippen molar-refractivity contribution < 1.29 is 13.6 Å².